The van der Waals surface area contributed by atoms with Crippen LogP contribution < -0.4 is 11.3 Å². The number of H-pyrrole nitrogens is 1. The first kappa shape index (κ1) is 11.7. The van der Waals surface area contributed by atoms with Crippen LogP contribution in [0.4, 0.5) is 0 Å². The van der Waals surface area contributed by atoms with Crippen molar-refractivity contribution in [2.75, 3.05) is 6.54 Å². The van der Waals surface area contributed by atoms with Crippen LogP contribution in [0.15, 0.2) is 21.5 Å². The van der Waals surface area contributed by atoms with Crippen molar-refractivity contribution in [3.63, 3.8) is 0 Å². The van der Waals surface area contributed by atoms with Crippen LogP contribution in [0.1, 0.15) is 5.56 Å². The molecule has 12 heavy (non-hydrogen) atoms. The molecule has 1 heterocycles. The Kier molecular flexibility index (Phi) is 5.20. The average molecular weight is 254 g/mol. The summed E-state index contributed by atoms with van der Waals surface area (Å²) in [5.41, 5.74) is 5.98. The lowest BCUT2D eigenvalue weighted by Crippen LogP contribution is -2.15. The zero-order valence-electron chi connectivity index (χ0n) is 6.34. The van der Waals surface area contributed by atoms with E-state index in [4.69, 9.17) is 5.73 Å². The van der Waals surface area contributed by atoms with Gasteiger partial charge in [0.05, 0.1) is 0 Å². The van der Waals surface area contributed by atoms with E-state index in [0.29, 0.717) is 13.0 Å². The molecule has 0 saturated carbocycles. The molecule has 0 aliphatic carbocycles. The van der Waals surface area contributed by atoms with Crippen molar-refractivity contribution >= 4 is 28.3 Å². The maximum atomic E-state index is 11.0. The fraction of sp³-hybridized carbons (Fsp3) is 0.286. The van der Waals surface area contributed by atoms with Gasteiger partial charge in [-0.25, -0.2) is 0 Å². The van der Waals surface area contributed by atoms with Crippen molar-refractivity contribution in [2.24, 2.45) is 5.73 Å². The van der Waals surface area contributed by atoms with E-state index in [9.17, 15) is 4.79 Å². The van der Waals surface area contributed by atoms with E-state index < -0.39 is 0 Å². The molecule has 3 N–H and O–H groups in total. The van der Waals surface area contributed by atoms with Gasteiger partial charge >= 0.3 is 0 Å². The number of pyridine rings is 1. The Labute approximate surface area is 84.9 Å². The van der Waals surface area contributed by atoms with Gasteiger partial charge in [-0.3, -0.25) is 4.79 Å². The molecule has 1 aromatic rings. The Bertz CT molecular complexity index is 300. The largest absolute Gasteiger partial charge is 0.330 e. The third-order valence-electron chi connectivity index (χ3n) is 1.36. The molecule has 0 spiro atoms. The molecule has 68 valence electrons. The number of nitrogens with two attached hydrogens (primary N) is 1. The third-order valence-corrected chi connectivity index (χ3v) is 1.82. The fourth-order valence-electron chi connectivity index (χ4n) is 0.842. The lowest BCUT2D eigenvalue weighted by atomic mass is 10.2. The molecule has 0 unspecified atom stereocenters. The summed E-state index contributed by atoms with van der Waals surface area (Å²) in [6.07, 6.45) is 2.23. The maximum Gasteiger partial charge on any atom is 0.251 e. The summed E-state index contributed by atoms with van der Waals surface area (Å²) in [7, 11) is 0. The molecule has 0 aliphatic rings. The van der Waals surface area contributed by atoms with Crippen molar-refractivity contribution in [1.29, 1.82) is 0 Å². The van der Waals surface area contributed by atoms with Crippen molar-refractivity contribution < 1.29 is 0 Å². The van der Waals surface area contributed by atoms with E-state index >= 15 is 0 Å². The van der Waals surface area contributed by atoms with Crippen molar-refractivity contribution in [1.82, 2.24) is 4.98 Å². The van der Waals surface area contributed by atoms with E-state index in [1.807, 2.05) is 0 Å². The molecule has 0 fully saturated rings. The normalized spacial score (nSPS) is 9.17. The summed E-state index contributed by atoms with van der Waals surface area (Å²) in [5, 5.41) is 0. The first-order valence-electron chi connectivity index (χ1n) is 3.31. The minimum absolute atomic E-state index is 0. The minimum Gasteiger partial charge on any atom is -0.330 e. The van der Waals surface area contributed by atoms with E-state index in [1.165, 1.54) is 0 Å². The van der Waals surface area contributed by atoms with Crippen molar-refractivity contribution in [3.8, 4) is 0 Å². The first-order chi connectivity index (χ1) is 5.24. The van der Waals surface area contributed by atoms with Gasteiger partial charge in [-0.05, 0) is 35.0 Å². The average Bonchev–Trinajstić information content (AvgIpc) is 1.98. The number of hydrogen-bond acceptors (Lipinski definition) is 2. The summed E-state index contributed by atoms with van der Waals surface area (Å²) in [6.45, 7) is 0.500. The molecule has 1 rings (SSSR count). The van der Waals surface area contributed by atoms with Crippen LogP contribution in [0.25, 0.3) is 0 Å². The Morgan fingerprint density at radius 2 is 2.25 bits per heavy atom. The van der Waals surface area contributed by atoms with Crippen LogP contribution in [-0.2, 0) is 6.42 Å². The Hall–Kier alpha value is -0.320. The van der Waals surface area contributed by atoms with Gasteiger partial charge in [0, 0.05) is 16.2 Å². The second-order valence-electron chi connectivity index (χ2n) is 2.21. The monoisotopic (exact) mass is 252 g/mol. The van der Waals surface area contributed by atoms with E-state index in [0.717, 1.165) is 10.0 Å². The maximum absolute atomic E-state index is 11.0. The standard InChI is InChI=1S/C7H9BrN2O.ClH/c8-6-3-5(1-2-9)7(11)10-4-6;/h3-4H,1-2,9H2,(H,10,11);1H. The van der Waals surface area contributed by atoms with E-state index in [2.05, 4.69) is 20.9 Å². The minimum atomic E-state index is -0.0568. The molecule has 0 bridgehead atoms. The lowest BCUT2D eigenvalue weighted by Gasteiger charge is -1.96. The molecule has 0 saturated heterocycles. The number of halogens is 2. The van der Waals surface area contributed by atoms with Crippen LogP contribution >= 0.6 is 28.3 Å². The number of hydrogen-bond donors (Lipinski definition) is 2. The summed E-state index contributed by atoms with van der Waals surface area (Å²) in [4.78, 5) is 13.6. The Morgan fingerprint density at radius 3 is 2.83 bits per heavy atom. The Balaban J connectivity index is 0.00000121. The summed E-state index contributed by atoms with van der Waals surface area (Å²) < 4.78 is 0.876. The summed E-state index contributed by atoms with van der Waals surface area (Å²) in [6, 6.07) is 1.78. The SMILES string of the molecule is Cl.NCCc1cc(Br)c[nH]c1=O. The number of nitrogens with one attached hydrogen (secondary N) is 1. The van der Waals surface area contributed by atoms with Crippen LogP contribution in [0.3, 0.4) is 0 Å². The lowest BCUT2D eigenvalue weighted by molar-refractivity contribution is 0.940. The van der Waals surface area contributed by atoms with Gasteiger partial charge in [-0.15, -0.1) is 12.4 Å². The molecular weight excluding hydrogens is 243 g/mol. The topological polar surface area (TPSA) is 58.9 Å². The number of rotatable bonds is 2. The van der Waals surface area contributed by atoms with Gasteiger partial charge in [0.2, 0.25) is 0 Å². The highest BCUT2D eigenvalue weighted by atomic mass is 79.9. The Morgan fingerprint density at radius 1 is 1.58 bits per heavy atom. The van der Waals surface area contributed by atoms with Gasteiger partial charge in [-0.2, -0.15) is 0 Å². The second-order valence-corrected chi connectivity index (χ2v) is 3.13. The molecule has 5 heteroatoms. The number of aromatic amines is 1. The molecule has 0 amide bonds. The van der Waals surface area contributed by atoms with Crippen LogP contribution in [-0.4, -0.2) is 11.5 Å². The van der Waals surface area contributed by atoms with E-state index in [-0.39, 0.29) is 18.0 Å². The van der Waals surface area contributed by atoms with Gasteiger partial charge in [0.25, 0.3) is 5.56 Å². The van der Waals surface area contributed by atoms with Crippen molar-refractivity contribution in [2.45, 2.75) is 6.42 Å². The molecular formula is C7H10BrClN2O. The van der Waals surface area contributed by atoms with Crippen LogP contribution in [0.5, 0.6) is 0 Å². The second kappa shape index (κ2) is 5.35. The molecule has 0 radical (unpaired) electrons. The predicted octanol–water partition coefficient (Wildman–Crippen LogP) is 1.06. The highest BCUT2D eigenvalue weighted by Crippen LogP contribution is 2.06. The molecule has 3 nitrogen and oxygen atoms in total. The molecule has 1 aromatic heterocycles. The van der Waals surface area contributed by atoms with Gasteiger partial charge < -0.3 is 10.7 Å². The highest BCUT2D eigenvalue weighted by Gasteiger charge is 1.97. The summed E-state index contributed by atoms with van der Waals surface area (Å²) >= 11 is 3.26. The van der Waals surface area contributed by atoms with Crippen LogP contribution in [0.2, 0.25) is 0 Å². The molecule has 0 aliphatic heterocycles. The quantitative estimate of drug-likeness (QED) is 0.828. The van der Waals surface area contributed by atoms with E-state index in [1.54, 1.807) is 12.3 Å². The zero-order chi connectivity index (χ0) is 8.27. The summed E-state index contributed by atoms with van der Waals surface area (Å²) in [5.74, 6) is 0. The van der Waals surface area contributed by atoms with Gasteiger partial charge in [0.15, 0.2) is 0 Å². The first-order valence-corrected chi connectivity index (χ1v) is 4.10. The van der Waals surface area contributed by atoms with Crippen molar-refractivity contribution in [3.05, 3.63) is 32.7 Å². The molecule has 0 atom stereocenters. The highest BCUT2D eigenvalue weighted by molar-refractivity contribution is 9.10. The number of aromatic nitrogens is 1. The van der Waals surface area contributed by atoms with Gasteiger partial charge in [-0.1, -0.05) is 0 Å². The van der Waals surface area contributed by atoms with Crippen LogP contribution in [0, 0.1) is 0 Å². The smallest absolute Gasteiger partial charge is 0.251 e. The predicted molar refractivity (Wildman–Crippen MR) is 54.8 cm³/mol. The molecule has 0 aromatic carbocycles. The van der Waals surface area contributed by atoms with Gasteiger partial charge in [0.1, 0.15) is 0 Å². The zero-order valence-corrected chi connectivity index (χ0v) is 8.74. The third kappa shape index (κ3) is 2.97. The fourth-order valence-corrected chi connectivity index (χ4v) is 1.23.